The van der Waals surface area contributed by atoms with Crippen LogP contribution in [0, 0.1) is 0 Å². The van der Waals surface area contributed by atoms with E-state index in [9.17, 15) is 4.79 Å². The monoisotopic (exact) mass is 243 g/mol. The second-order valence-electron chi connectivity index (χ2n) is 3.63. The summed E-state index contributed by atoms with van der Waals surface area (Å²) in [5.74, 6) is 0.0429. The van der Waals surface area contributed by atoms with Crippen LogP contribution in [0.4, 0.5) is 0 Å². The first-order valence-corrected chi connectivity index (χ1v) is 5.47. The van der Waals surface area contributed by atoms with Gasteiger partial charge < -0.3 is 9.47 Å². The number of hydrogen-bond acceptors (Lipinski definition) is 4. The molecule has 0 amide bonds. The number of rotatable bonds is 4. The molecule has 0 spiro atoms. The lowest BCUT2D eigenvalue weighted by atomic mass is 10.2. The fourth-order valence-corrected chi connectivity index (χ4v) is 1.62. The number of fused-ring (bicyclic) bond motifs is 1. The summed E-state index contributed by atoms with van der Waals surface area (Å²) in [5, 5.41) is 0.947. The maximum Gasteiger partial charge on any atom is 0.351 e. The first-order chi connectivity index (χ1) is 8.76. The van der Waals surface area contributed by atoms with E-state index in [1.807, 2.05) is 24.3 Å². The highest BCUT2D eigenvalue weighted by Crippen LogP contribution is 2.24. The number of aromatic nitrogens is 1. The van der Waals surface area contributed by atoms with Crippen molar-refractivity contribution in [1.29, 1.82) is 0 Å². The third kappa shape index (κ3) is 2.32. The zero-order chi connectivity index (χ0) is 13.0. The molecule has 1 aromatic heterocycles. The molecule has 0 saturated heterocycles. The van der Waals surface area contributed by atoms with Crippen molar-refractivity contribution in [2.75, 3.05) is 7.11 Å². The minimum Gasteiger partial charge on any atom is -0.472 e. The number of esters is 1. The summed E-state index contributed by atoms with van der Waals surface area (Å²) in [4.78, 5) is 15.7. The van der Waals surface area contributed by atoms with E-state index in [2.05, 4.69) is 16.3 Å². The van der Waals surface area contributed by atoms with Gasteiger partial charge in [0.25, 0.3) is 0 Å². The Hall–Kier alpha value is -2.36. The maximum absolute atomic E-state index is 11.4. The van der Waals surface area contributed by atoms with Gasteiger partial charge in [-0.3, -0.25) is 4.98 Å². The molecule has 0 radical (unpaired) electrons. The van der Waals surface area contributed by atoms with Gasteiger partial charge in [-0.25, -0.2) is 4.79 Å². The molecule has 1 heterocycles. The first kappa shape index (κ1) is 12.1. The van der Waals surface area contributed by atoms with Crippen LogP contribution in [0.1, 0.15) is 0 Å². The molecule has 0 saturated carbocycles. The van der Waals surface area contributed by atoms with Crippen LogP contribution in [0.15, 0.2) is 49.2 Å². The van der Waals surface area contributed by atoms with Crippen molar-refractivity contribution in [3.05, 3.63) is 49.2 Å². The molecular formula is C14H13NO3. The number of para-hydroxylation sites is 1. The van der Waals surface area contributed by atoms with Gasteiger partial charge in [-0.2, -0.15) is 0 Å². The number of nitrogens with zero attached hydrogens (tertiary/aromatic N) is 1. The summed E-state index contributed by atoms with van der Waals surface area (Å²) in [6.07, 6.45) is 2.24. The average Bonchev–Trinajstić information content (AvgIpc) is 2.44. The lowest BCUT2D eigenvalue weighted by molar-refractivity contribution is -0.146. The molecule has 0 aliphatic carbocycles. The molecule has 0 N–H and O–H groups in total. The molecule has 4 heteroatoms. The Bertz CT molecular complexity index is 575. The normalized spacial score (nSPS) is 11.8. The first-order valence-electron chi connectivity index (χ1n) is 5.47. The number of hydrogen-bond donors (Lipinski definition) is 0. The standard InChI is InChI=1S/C14H13NO3/c1-3-11(14(16)17-2)18-12-8-4-6-10-7-5-9-15-13(10)12/h3-9,11H,1H2,2H3. The van der Waals surface area contributed by atoms with Gasteiger partial charge in [0.2, 0.25) is 6.10 Å². The SMILES string of the molecule is C=CC(Oc1cccc2cccnc12)C(=O)OC. The van der Waals surface area contributed by atoms with E-state index < -0.39 is 12.1 Å². The minimum absolute atomic E-state index is 0.488. The predicted molar refractivity (Wildman–Crippen MR) is 68.4 cm³/mol. The number of ether oxygens (including phenoxy) is 2. The fourth-order valence-electron chi connectivity index (χ4n) is 1.62. The van der Waals surface area contributed by atoms with Crippen molar-refractivity contribution in [1.82, 2.24) is 4.98 Å². The van der Waals surface area contributed by atoms with Crippen LogP contribution < -0.4 is 4.74 Å². The highest BCUT2D eigenvalue weighted by molar-refractivity contribution is 5.85. The number of carbonyl (C=O) groups is 1. The van der Waals surface area contributed by atoms with Crippen molar-refractivity contribution in [2.24, 2.45) is 0 Å². The Morgan fingerprint density at radius 1 is 1.39 bits per heavy atom. The van der Waals surface area contributed by atoms with Crippen molar-refractivity contribution < 1.29 is 14.3 Å². The highest BCUT2D eigenvalue weighted by atomic mass is 16.6. The van der Waals surface area contributed by atoms with E-state index in [0.717, 1.165) is 5.39 Å². The van der Waals surface area contributed by atoms with Gasteiger partial charge in [-0.15, -0.1) is 0 Å². The topological polar surface area (TPSA) is 48.4 Å². The number of benzene rings is 1. The van der Waals surface area contributed by atoms with Crippen LogP contribution in [0.3, 0.4) is 0 Å². The van der Waals surface area contributed by atoms with Gasteiger partial charge in [0.15, 0.2) is 0 Å². The Kier molecular flexibility index (Phi) is 3.57. The zero-order valence-electron chi connectivity index (χ0n) is 10.00. The van der Waals surface area contributed by atoms with E-state index in [4.69, 9.17) is 4.74 Å². The second-order valence-corrected chi connectivity index (χ2v) is 3.63. The molecule has 92 valence electrons. The molecule has 1 atom stereocenters. The number of carbonyl (C=O) groups excluding carboxylic acids is 1. The van der Waals surface area contributed by atoms with Crippen molar-refractivity contribution in [3.8, 4) is 5.75 Å². The summed E-state index contributed by atoms with van der Waals surface area (Å²) in [6, 6.07) is 9.30. The third-order valence-corrected chi connectivity index (χ3v) is 2.50. The number of methoxy groups -OCH3 is 1. The Labute approximate surface area is 105 Å². The lowest BCUT2D eigenvalue weighted by Gasteiger charge is -2.14. The van der Waals surface area contributed by atoms with Crippen LogP contribution in [-0.2, 0) is 9.53 Å². The molecule has 0 aliphatic heterocycles. The van der Waals surface area contributed by atoms with Gasteiger partial charge in [0.1, 0.15) is 11.3 Å². The summed E-state index contributed by atoms with van der Waals surface area (Å²) in [6.45, 7) is 3.56. The van der Waals surface area contributed by atoms with Gasteiger partial charge in [0.05, 0.1) is 7.11 Å². The molecule has 0 aliphatic rings. The van der Waals surface area contributed by atoms with Gasteiger partial charge in [-0.05, 0) is 18.2 Å². The largest absolute Gasteiger partial charge is 0.472 e. The van der Waals surface area contributed by atoms with Crippen LogP contribution in [0.25, 0.3) is 10.9 Å². The molecule has 1 unspecified atom stereocenters. The zero-order valence-corrected chi connectivity index (χ0v) is 10.00. The Morgan fingerprint density at radius 2 is 2.17 bits per heavy atom. The minimum atomic E-state index is -0.831. The van der Waals surface area contributed by atoms with E-state index in [1.165, 1.54) is 13.2 Å². The third-order valence-electron chi connectivity index (χ3n) is 2.50. The predicted octanol–water partition coefficient (Wildman–Crippen LogP) is 2.34. The molecular weight excluding hydrogens is 230 g/mol. The molecule has 0 fully saturated rings. The van der Waals surface area contributed by atoms with Crippen LogP contribution >= 0.6 is 0 Å². The van der Waals surface area contributed by atoms with Gasteiger partial charge in [0, 0.05) is 11.6 Å². The maximum atomic E-state index is 11.4. The van der Waals surface area contributed by atoms with E-state index in [-0.39, 0.29) is 0 Å². The smallest absolute Gasteiger partial charge is 0.351 e. The quantitative estimate of drug-likeness (QED) is 0.611. The lowest BCUT2D eigenvalue weighted by Crippen LogP contribution is -2.26. The summed E-state index contributed by atoms with van der Waals surface area (Å²) < 4.78 is 10.2. The van der Waals surface area contributed by atoms with Crippen molar-refractivity contribution in [2.45, 2.75) is 6.10 Å². The summed E-state index contributed by atoms with van der Waals surface area (Å²) in [7, 11) is 1.31. The highest BCUT2D eigenvalue weighted by Gasteiger charge is 2.18. The van der Waals surface area contributed by atoms with E-state index >= 15 is 0 Å². The molecule has 2 aromatic rings. The second kappa shape index (κ2) is 5.31. The van der Waals surface area contributed by atoms with Crippen molar-refractivity contribution >= 4 is 16.9 Å². The van der Waals surface area contributed by atoms with Gasteiger partial charge in [-0.1, -0.05) is 24.8 Å². The molecule has 4 nitrogen and oxygen atoms in total. The Balaban J connectivity index is 2.36. The van der Waals surface area contributed by atoms with E-state index in [1.54, 1.807) is 12.3 Å². The van der Waals surface area contributed by atoms with E-state index in [0.29, 0.717) is 11.3 Å². The van der Waals surface area contributed by atoms with Crippen LogP contribution in [0.2, 0.25) is 0 Å². The molecule has 0 bridgehead atoms. The number of pyridine rings is 1. The average molecular weight is 243 g/mol. The molecule has 18 heavy (non-hydrogen) atoms. The Morgan fingerprint density at radius 3 is 2.89 bits per heavy atom. The molecule has 1 aromatic carbocycles. The summed E-state index contributed by atoms with van der Waals surface area (Å²) >= 11 is 0. The van der Waals surface area contributed by atoms with Crippen molar-refractivity contribution in [3.63, 3.8) is 0 Å². The van der Waals surface area contributed by atoms with Crippen LogP contribution in [0.5, 0.6) is 5.75 Å². The molecule has 2 rings (SSSR count). The van der Waals surface area contributed by atoms with Gasteiger partial charge >= 0.3 is 5.97 Å². The van der Waals surface area contributed by atoms with Crippen LogP contribution in [-0.4, -0.2) is 24.2 Å². The fraction of sp³-hybridized carbons (Fsp3) is 0.143. The summed E-state index contributed by atoms with van der Waals surface area (Å²) in [5.41, 5.74) is 0.704.